The summed E-state index contributed by atoms with van der Waals surface area (Å²) in [6.45, 7) is 1.91. The van der Waals surface area contributed by atoms with E-state index in [1.165, 1.54) is 21.9 Å². The number of hydrogen-bond acceptors (Lipinski definition) is 3. The van der Waals surface area contributed by atoms with Gasteiger partial charge in [-0.3, -0.25) is 9.89 Å². The number of hydrazone groups is 1. The summed E-state index contributed by atoms with van der Waals surface area (Å²) in [6.07, 6.45) is 2.16. The van der Waals surface area contributed by atoms with Gasteiger partial charge < -0.3 is 0 Å². The molecule has 4 aromatic rings. The third-order valence-corrected chi connectivity index (χ3v) is 5.81. The third kappa shape index (κ3) is 3.27. The van der Waals surface area contributed by atoms with Crippen molar-refractivity contribution in [3.8, 4) is 11.3 Å². The van der Waals surface area contributed by atoms with E-state index in [0.29, 0.717) is 16.4 Å². The molecule has 1 heterocycles. The van der Waals surface area contributed by atoms with E-state index in [-0.39, 0.29) is 5.91 Å². The zero-order valence-electron chi connectivity index (χ0n) is 16.4. The molecule has 0 fully saturated rings. The average Bonchev–Trinajstić information content (AvgIpc) is 3.42. The highest BCUT2D eigenvalue weighted by molar-refractivity contribution is 6.30. The number of hydrogen-bond donors (Lipinski definition) is 2. The number of H-pyrrole nitrogens is 1. The van der Waals surface area contributed by atoms with Crippen LogP contribution in [0.2, 0.25) is 5.02 Å². The average molecular weight is 415 g/mol. The van der Waals surface area contributed by atoms with Crippen LogP contribution < -0.4 is 5.43 Å². The zero-order chi connectivity index (χ0) is 20.7. The first kappa shape index (κ1) is 18.6. The number of aromatic nitrogens is 2. The second-order valence-electron chi connectivity index (χ2n) is 7.42. The van der Waals surface area contributed by atoms with E-state index in [1.807, 2.05) is 19.1 Å². The monoisotopic (exact) mass is 414 g/mol. The van der Waals surface area contributed by atoms with Gasteiger partial charge in [-0.1, -0.05) is 54.1 Å². The fourth-order valence-corrected chi connectivity index (χ4v) is 4.15. The van der Waals surface area contributed by atoms with Gasteiger partial charge in [0.15, 0.2) is 0 Å². The molecule has 5 rings (SSSR count). The highest BCUT2D eigenvalue weighted by atomic mass is 35.5. The minimum Gasteiger partial charge on any atom is -0.272 e. The van der Waals surface area contributed by atoms with Crippen molar-refractivity contribution in [2.24, 2.45) is 5.10 Å². The van der Waals surface area contributed by atoms with Gasteiger partial charge in [0.2, 0.25) is 0 Å². The van der Waals surface area contributed by atoms with Crippen molar-refractivity contribution >= 4 is 34.0 Å². The van der Waals surface area contributed by atoms with Crippen LogP contribution in [0.25, 0.3) is 22.0 Å². The molecule has 0 saturated carbocycles. The van der Waals surface area contributed by atoms with Crippen molar-refractivity contribution in [3.05, 3.63) is 88.1 Å². The van der Waals surface area contributed by atoms with Gasteiger partial charge in [-0.25, -0.2) is 5.43 Å². The number of rotatable bonds is 4. The molecule has 148 valence electrons. The van der Waals surface area contributed by atoms with Crippen molar-refractivity contribution in [1.29, 1.82) is 0 Å². The Kier molecular flexibility index (Phi) is 4.60. The van der Waals surface area contributed by atoms with E-state index in [0.717, 1.165) is 29.7 Å². The molecule has 0 aliphatic heterocycles. The minimum absolute atomic E-state index is 0.340. The highest BCUT2D eigenvalue weighted by Gasteiger charge is 2.17. The number of amides is 1. The summed E-state index contributed by atoms with van der Waals surface area (Å²) in [5.41, 5.74) is 9.09. The molecule has 0 radical (unpaired) electrons. The molecule has 30 heavy (non-hydrogen) atoms. The first-order chi connectivity index (χ1) is 14.6. The van der Waals surface area contributed by atoms with Gasteiger partial charge in [-0.2, -0.15) is 10.2 Å². The molecule has 6 heteroatoms. The van der Waals surface area contributed by atoms with Crippen LogP contribution in [0.1, 0.15) is 34.1 Å². The molecule has 5 nitrogen and oxygen atoms in total. The van der Waals surface area contributed by atoms with Crippen LogP contribution in [-0.4, -0.2) is 21.8 Å². The van der Waals surface area contributed by atoms with Crippen molar-refractivity contribution in [2.75, 3.05) is 0 Å². The summed E-state index contributed by atoms with van der Waals surface area (Å²) in [6, 6.07) is 19.6. The molecule has 3 aromatic carbocycles. The minimum atomic E-state index is -0.340. The molecule has 1 aliphatic carbocycles. The fraction of sp³-hybridized carbons (Fsp3) is 0.125. The van der Waals surface area contributed by atoms with E-state index in [4.69, 9.17) is 11.6 Å². The maximum absolute atomic E-state index is 12.6. The predicted molar refractivity (Wildman–Crippen MR) is 120 cm³/mol. The van der Waals surface area contributed by atoms with Crippen LogP contribution in [0.15, 0.2) is 65.8 Å². The largest absolute Gasteiger partial charge is 0.289 e. The SMILES string of the molecule is CC(=NNC(=O)c1cc(-c2ccc(Cl)cc2)n[nH]1)c1ccc2c3c(cccc13)CC2. The molecule has 0 spiro atoms. The lowest BCUT2D eigenvalue weighted by Crippen LogP contribution is -2.19. The zero-order valence-corrected chi connectivity index (χ0v) is 17.1. The molecule has 0 bridgehead atoms. The number of halogens is 1. The third-order valence-electron chi connectivity index (χ3n) is 5.55. The maximum Gasteiger partial charge on any atom is 0.289 e. The standard InChI is InChI=1S/C24H19ClN4O/c1-14(19-12-9-17-6-5-16-3-2-4-20(19)23(16)17)26-29-24(30)22-13-21(27-28-22)15-7-10-18(25)11-8-15/h2-4,7-13H,5-6H2,1H3,(H,27,28)(H,29,30). The van der Waals surface area contributed by atoms with E-state index < -0.39 is 0 Å². The van der Waals surface area contributed by atoms with Gasteiger partial charge in [0.25, 0.3) is 5.91 Å². The Bertz CT molecular complexity index is 1290. The fourth-order valence-electron chi connectivity index (χ4n) is 4.02. The first-order valence-electron chi connectivity index (χ1n) is 9.80. The smallest absolute Gasteiger partial charge is 0.272 e. The molecule has 0 unspecified atom stereocenters. The Labute approximate surface area is 178 Å². The van der Waals surface area contributed by atoms with E-state index >= 15 is 0 Å². The Morgan fingerprint density at radius 3 is 2.63 bits per heavy atom. The van der Waals surface area contributed by atoms with E-state index in [1.54, 1.807) is 18.2 Å². The Hall–Kier alpha value is -3.44. The molecule has 2 N–H and O–H groups in total. The molecule has 0 saturated heterocycles. The lowest BCUT2D eigenvalue weighted by Gasteiger charge is -2.09. The Morgan fingerprint density at radius 1 is 1.07 bits per heavy atom. The van der Waals surface area contributed by atoms with Gasteiger partial charge in [-0.15, -0.1) is 0 Å². The number of carbonyl (C=O) groups excluding carboxylic acids is 1. The summed E-state index contributed by atoms with van der Waals surface area (Å²) in [5, 5.41) is 14.5. The predicted octanol–water partition coefficient (Wildman–Crippen LogP) is 5.14. The summed E-state index contributed by atoms with van der Waals surface area (Å²) in [4.78, 5) is 12.6. The Balaban J connectivity index is 1.38. The van der Waals surface area contributed by atoms with Crippen molar-refractivity contribution in [2.45, 2.75) is 19.8 Å². The number of nitrogens with one attached hydrogen (secondary N) is 2. The maximum atomic E-state index is 12.6. The van der Waals surface area contributed by atoms with Crippen LogP contribution in [0, 0.1) is 0 Å². The summed E-state index contributed by atoms with van der Waals surface area (Å²) in [5.74, 6) is -0.340. The van der Waals surface area contributed by atoms with Crippen LogP contribution in [0.3, 0.4) is 0 Å². The Morgan fingerprint density at radius 2 is 1.83 bits per heavy atom. The number of benzene rings is 3. The molecule has 1 aliphatic rings. The summed E-state index contributed by atoms with van der Waals surface area (Å²) < 4.78 is 0. The highest BCUT2D eigenvalue weighted by Crippen LogP contribution is 2.33. The van der Waals surface area contributed by atoms with Gasteiger partial charge in [0.1, 0.15) is 5.69 Å². The van der Waals surface area contributed by atoms with Gasteiger partial charge >= 0.3 is 0 Å². The van der Waals surface area contributed by atoms with Crippen molar-refractivity contribution < 1.29 is 4.79 Å². The van der Waals surface area contributed by atoms with Crippen molar-refractivity contribution in [1.82, 2.24) is 15.6 Å². The number of aryl methyl sites for hydroxylation is 2. The normalized spacial score (nSPS) is 13.1. The summed E-state index contributed by atoms with van der Waals surface area (Å²) in [7, 11) is 0. The number of carbonyl (C=O) groups is 1. The van der Waals surface area contributed by atoms with Crippen LogP contribution >= 0.6 is 11.6 Å². The van der Waals surface area contributed by atoms with Gasteiger partial charge in [0, 0.05) is 16.1 Å². The molecule has 0 atom stereocenters. The second-order valence-corrected chi connectivity index (χ2v) is 7.86. The van der Waals surface area contributed by atoms with Crippen LogP contribution in [-0.2, 0) is 12.8 Å². The topological polar surface area (TPSA) is 70.1 Å². The van der Waals surface area contributed by atoms with Crippen molar-refractivity contribution in [3.63, 3.8) is 0 Å². The molecule has 1 aromatic heterocycles. The van der Waals surface area contributed by atoms with Crippen LogP contribution in [0.5, 0.6) is 0 Å². The number of aromatic amines is 1. The first-order valence-corrected chi connectivity index (χ1v) is 10.2. The molecular formula is C24H19ClN4O. The number of nitrogens with zero attached hydrogens (tertiary/aromatic N) is 2. The van der Waals surface area contributed by atoms with E-state index in [9.17, 15) is 4.79 Å². The lowest BCUT2D eigenvalue weighted by molar-refractivity contribution is 0.0950. The van der Waals surface area contributed by atoms with Gasteiger partial charge in [0.05, 0.1) is 11.4 Å². The van der Waals surface area contributed by atoms with Crippen LogP contribution in [0.4, 0.5) is 0 Å². The molecular weight excluding hydrogens is 396 g/mol. The molecule has 1 amide bonds. The quantitative estimate of drug-likeness (QED) is 0.358. The second kappa shape index (κ2) is 7.43. The summed E-state index contributed by atoms with van der Waals surface area (Å²) >= 11 is 5.93. The lowest BCUT2D eigenvalue weighted by atomic mass is 9.98. The van der Waals surface area contributed by atoms with Gasteiger partial charge in [-0.05, 0) is 59.9 Å². The van der Waals surface area contributed by atoms with E-state index in [2.05, 4.69) is 51.1 Å².